The summed E-state index contributed by atoms with van der Waals surface area (Å²) in [4.78, 5) is 37.6. The molecule has 0 saturated heterocycles. The number of carbonyl (C=O) groups is 2. The highest BCUT2D eigenvalue weighted by Crippen LogP contribution is 2.38. The van der Waals surface area contributed by atoms with Crippen LogP contribution >= 0.6 is 0 Å². The van der Waals surface area contributed by atoms with Crippen molar-refractivity contribution in [2.75, 3.05) is 12.4 Å². The maximum atomic E-state index is 13.1. The molecule has 9 heteroatoms. The predicted octanol–water partition coefficient (Wildman–Crippen LogP) is 3.71. The summed E-state index contributed by atoms with van der Waals surface area (Å²) >= 11 is 0. The first kappa shape index (κ1) is 24.3. The fraction of sp³-hybridized carbons (Fsp3) is 0.458. The number of anilines is 1. The van der Waals surface area contributed by atoms with Crippen LogP contribution in [0.2, 0.25) is 0 Å². The Balaban J connectivity index is 1.85. The molecule has 1 atom stereocenters. The summed E-state index contributed by atoms with van der Waals surface area (Å²) in [5.41, 5.74) is 3.29. The molecule has 3 aromatic rings. The number of aromatic nitrogens is 4. The Morgan fingerprint density at radius 3 is 2.58 bits per heavy atom. The Morgan fingerprint density at radius 1 is 1.18 bits per heavy atom. The number of esters is 1. The van der Waals surface area contributed by atoms with Crippen molar-refractivity contribution in [3.8, 4) is 5.75 Å². The van der Waals surface area contributed by atoms with Crippen LogP contribution in [0.4, 0.5) is 5.82 Å². The summed E-state index contributed by atoms with van der Waals surface area (Å²) in [5, 5.41) is 2.88. The van der Waals surface area contributed by atoms with Crippen LogP contribution in [0, 0.1) is 13.8 Å². The summed E-state index contributed by atoms with van der Waals surface area (Å²) in [6.45, 7) is 11.7. The summed E-state index contributed by atoms with van der Waals surface area (Å²) in [7, 11) is 1.65. The number of benzene rings is 1. The Labute approximate surface area is 193 Å². The highest BCUT2D eigenvalue weighted by Gasteiger charge is 2.30. The van der Waals surface area contributed by atoms with E-state index in [0.717, 1.165) is 16.7 Å². The van der Waals surface area contributed by atoms with Crippen molar-refractivity contribution in [3.05, 3.63) is 41.5 Å². The zero-order valence-electron chi connectivity index (χ0n) is 20.2. The van der Waals surface area contributed by atoms with E-state index < -0.39 is 11.4 Å². The first-order valence-corrected chi connectivity index (χ1v) is 10.8. The first-order chi connectivity index (χ1) is 15.5. The van der Waals surface area contributed by atoms with Gasteiger partial charge in [0.2, 0.25) is 5.91 Å². The number of hydrogen-bond acceptors (Lipinski definition) is 7. The lowest BCUT2D eigenvalue weighted by molar-refractivity contribution is -0.131. The van der Waals surface area contributed by atoms with Crippen molar-refractivity contribution < 1.29 is 19.1 Å². The minimum atomic E-state index is -0.605. The SMILES string of the molecule is CO[C@H](C)Cn1cnc2c(NC(=O)CC(C)(C)c3c(C)cc(C)cc3OC(C)=O)ncnc21. The number of methoxy groups -OCH3 is 1. The Bertz CT molecular complexity index is 1190. The van der Waals surface area contributed by atoms with Gasteiger partial charge in [-0.25, -0.2) is 15.0 Å². The van der Waals surface area contributed by atoms with Crippen LogP contribution in [0.15, 0.2) is 24.8 Å². The third-order valence-electron chi connectivity index (χ3n) is 5.49. The van der Waals surface area contributed by atoms with Gasteiger partial charge in [0.1, 0.15) is 12.1 Å². The van der Waals surface area contributed by atoms with Gasteiger partial charge < -0.3 is 19.4 Å². The molecule has 9 nitrogen and oxygen atoms in total. The predicted molar refractivity (Wildman–Crippen MR) is 125 cm³/mol. The highest BCUT2D eigenvalue weighted by molar-refractivity contribution is 5.97. The van der Waals surface area contributed by atoms with E-state index in [2.05, 4.69) is 20.3 Å². The van der Waals surface area contributed by atoms with Gasteiger partial charge in [0.25, 0.3) is 0 Å². The Hall–Kier alpha value is -3.33. The first-order valence-electron chi connectivity index (χ1n) is 10.8. The molecule has 1 aromatic carbocycles. The molecule has 0 spiro atoms. The van der Waals surface area contributed by atoms with Gasteiger partial charge in [-0.15, -0.1) is 0 Å². The molecule has 1 N–H and O–H groups in total. The standard InChI is InChI=1S/C24H31N5O4/c1-14-8-15(2)20(18(9-14)33-17(4)30)24(5,6)10-19(31)28-22-21-23(26-12-25-22)29(13-27-21)11-16(3)32-7/h8-9,12-13,16H,10-11H2,1-7H3,(H,25,26,28,31)/t16-/m1/s1. The van der Waals surface area contributed by atoms with E-state index >= 15 is 0 Å². The van der Waals surface area contributed by atoms with Gasteiger partial charge in [-0.1, -0.05) is 19.9 Å². The van der Waals surface area contributed by atoms with E-state index in [1.54, 1.807) is 13.4 Å². The smallest absolute Gasteiger partial charge is 0.308 e. The molecule has 0 aliphatic rings. The van der Waals surface area contributed by atoms with Crippen LogP contribution in [0.1, 0.15) is 50.8 Å². The van der Waals surface area contributed by atoms with E-state index in [1.807, 2.05) is 51.3 Å². The van der Waals surface area contributed by atoms with Gasteiger partial charge in [0, 0.05) is 31.4 Å². The van der Waals surface area contributed by atoms with Crippen molar-refractivity contribution in [1.82, 2.24) is 19.5 Å². The number of nitrogens with zero attached hydrogens (tertiary/aromatic N) is 4. The topological polar surface area (TPSA) is 108 Å². The number of amides is 1. The summed E-state index contributed by atoms with van der Waals surface area (Å²) < 4.78 is 12.7. The van der Waals surface area contributed by atoms with Crippen LogP contribution in [-0.4, -0.2) is 44.6 Å². The third kappa shape index (κ3) is 5.54. The number of aryl methyl sites for hydroxylation is 2. The minimum absolute atomic E-state index is 0.0135. The molecule has 0 unspecified atom stereocenters. The molecule has 0 aliphatic heterocycles. The molecular weight excluding hydrogens is 422 g/mol. The number of fused-ring (bicyclic) bond motifs is 1. The Kier molecular flexibility index (Phi) is 7.12. The van der Waals surface area contributed by atoms with Crippen molar-refractivity contribution in [3.63, 3.8) is 0 Å². The summed E-state index contributed by atoms with van der Waals surface area (Å²) in [6.07, 6.45) is 3.20. The maximum Gasteiger partial charge on any atom is 0.308 e. The highest BCUT2D eigenvalue weighted by atomic mass is 16.5. The number of ether oxygens (including phenoxy) is 2. The lowest BCUT2D eigenvalue weighted by atomic mass is 9.78. The fourth-order valence-corrected chi connectivity index (χ4v) is 4.15. The fourth-order valence-electron chi connectivity index (χ4n) is 4.15. The number of nitrogens with one attached hydrogen (secondary N) is 1. The van der Waals surface area contributed by atoms with Gasteiger partial charge in [-0.05, 0) is 38.0 Å². The van der Waals surface area contributed by atoms with Gasteiger partial charge >= 0.3 is 5.97 Å². The largest absolute Gasteiger partial charge is 0.426 e. The zero-order chi connectivity index (χ0) is 24.3. The third-order valence-corrected chi connectivity index (χ3v) is 5.49. The average molecular weight is 454 g/mol. The number of imidazole rings is 1. The maximum absolute atomic E-state index is 13.1. The molecule has 33 heavy (non-hydrogen) atoms. The van der Waals surface area contributed by atoms with E-state index in [9.17, 15) is 9.59 Å². The van der Waals surface area contributed by atoms with E-state index in [-0.39, 0.29) is 18.4 Å². The monoisotopic (exact) mass is 453 g/mol. The van der Waals surface area contributed by atoms with E-state index in [0.29, 0.717) is 29.3 Å². The van der Waals surface area contributed by atoms with Crippen molar-refractivity contribution in [1.29, 1.82) is 0 Å². The van der Waals surface area contributed by atoms with Crippen LogP contribution < -0.4 is 10.1 Å². The van der Waals surface area contributed by atoms with Gasteiger partial charge in [-0.2, -0.15) is 0 Å². The van der Waals surface area contributed by atoms with Gasteiger partial charge in [0.05, 0.1) is 19.0 Å². The van der Waals surface area contributed by atoms with Crippen molar-refractivity contribution >= 4 is 28.9 Å². The molecule has 176 valence electrons. The molecule has 1 amide bonds. The van der Waals surface area contributed by atoms with E-state index in [4.69, 9.17) is 9.47 Å². The zero-order valence-corrected chi connectivity index (χ0v) is 20.2. The number of rotatable bonds is 8. The summed E-state index contributed by atoms with van der Waals surface area (Å²) in [6, 6.07) is 3.84. The second-order valence-corrected chi connectivity index (χ2v) is 9.00. The van der Waals surface area contributed by atoms with Crippen LogP contribution in [0.25, 0.3) is 11.2 Å². The van der Waals surface area contributed by atoms with E-state index in [1.165, 1.54) is 13.3 Å². The second kappa shape index (κ2) is 9.66. The molecule has 0 fully saturated rings. The quantitative estimate of drug-likeness (QED) is 0.409. The molecule has 0 saturated carbocycles. The molecule has 0 bridgehead atoms. The number of hydrogen-bond donors (Lipinski definition) is 1. The van der Waals surface area contributed by atoms with Crippen molar-refractivity contribution in [2.24, 2.45) is 0 Å². The molecule has 3 rings (SSSR count). The number of carbonyl (C=O) groups excluding carboxylic acids is 2. The van der Waals surface area contributed by atoms with Gasteiger partial charge in [-0.3, -0.25) is 9.59 Å². The lowest BCUT2D eigenvalue weighted by Crippen LogP contribution is -2.28. The van der Waals surface area contributed by atoms with Gasteiger partial charge in [0.15, 0.2) is 17.0 Å². The molecule has 2 aromatic heterocycles. The molecule has 2 heterocycles. The lowest BCUT2D eigenvalue weighted by Gasteiger charge is -2.28. The van der Waals surface area contributed by atoms with Crippen LogP contribution in [0.5, 0.6) is 5.75 Å². The van der Waals surface area contributed by atoms with Crippen molar-refractivity contribution in [2.45, 2.75) is 66.0 Å². The minimum Gasteiger partial charge on any atom is -0.426 e. The average Bonchev–Trinajstić information content (AvgIpc) is 3.09. The summed E-state index contributed by atoms with van der Waals surface area (Å²) in [5.74, 6) is 0.204. The normalized spacial score (nSPS) is 12.6. The molecule has 0 aliphatic carbocycles. The molecular formula is C24H31N5O4. The second-order valence-electron chi connectivity index (χ2n) is 9.00. The van der Waals surface area contributed by atoms with Crippen LogP contribution in [0.3, 0.4) is 0 Å². The Morgan fingerprint density at radius 2 is 1.91 bits per heavy atom. The van der Waals surface area contributed by atoms with Crippen LogP contribution in [-0.2, 0) is 26.3 Å². The molecule has 0 radical (unpaired) electrons.